The number of aryl methyl sites for hydroxylation is 1. The summed E-state index contributed by atoms with van der Waals surface area (Å²) in [5.74, 6) is 0.682. The van der Waals surface area contributed by atoms with Crippen molar-refractivity contribution in [1.82, 2.24) is 10.1 Å². The number of rotatable bonds is 3. The number of hydrogen-bond donors (Lipinski definition) is 1. The predicted molar refractivity (Wildman–Crippen MR) is 78.9 cm³/mol. The van der Waals surface area contributed by atoms with Crippen molar-refractivity contribution in [3.63, 3.8) is 0 Å². The van der Waals surface area contributed by atoms with E-state index < -0.39 is 4.92 Å². The third-order valence-electron chi connectivity index (χ3n) is 3.00. The molecule has 2 aromatic heterocycles. The van der Waals surface area contributed by atoms with Crippen LogP contribution in [0.4, 0.5) is 11.4 Å². The molecule has 1 aromatic carbocycles. The Hall–Kier alpha value is -2.74. The van der Waals surface area contributed by atoms with Crippen LogP contribution in [0.25, 0.3) is 22.8 Å². The van der Waals surface area contributed by atoms with Gasteiger partial charge in [-0.05, 0) is 30.0 Å². The lowest BCUT2D eigenvalue weighted by Crippen LogP contribution is -1.95. The first-order chi connectivity index (χ1) is 10.1. The highest BCUT2D eigenvalue weighted by atomic mass is 32.1. The molecule has 0 fully saturated rings. The van der Waals surface area contributed by atoms with Crippen molar-refractivity contribution >= 4 is 22.7 Å². The van der Waals surface area contributed by atoms with Crippen molar-refractivity contribution in [2.45, 2.75) is 6.92 Å². The SMILES string of the molecule is Cc1cscc1-c1noc(-c2ccc(N)c([N+](=O)[O-])c2)n1. The molecule has 2 N–H and O–H groups in total. The first-order valence-corrected chi connectivity index (χ1v) is 6.91. The van der Waals surface area contributed by atoms with Gasteiger partial charge < -0.3 is 10.3 Å². The van der Waals surface area contributed by atoms with E-state index in [1.165, 1.54) is 12.1 Å². The highest BCUT2D eigenvalue weighted by Gasteiger charge is 2.17. The van der Waals surface area contributed by atoms with Crippen LogP contribution < -0.4 is 5.73 Å². The lowest BCUT2D eigenvalue weighted by Gasteiger charge is -1.98. The number of thiophene rings is 1. The number of nitrogens with zero attached hydrogens (tertiary/aromatic N) is 3. The van der Waals surface area contributed by atoms with Crippen LogP contribution in [0.15, 0.2) is 33.5 Å². The number of nitro benzene ring substituents is 1. The van der Waals surface area contributed by atoms with Gasteiger partial charge in [0.2, 0.25) is 5.82 Å². The van der Waals surface area contributed by atoms with E-state index in [0.29, 0.717) is 11.4 Å². The van der Waals surface area contributed by atoms with E-state index >= 15 is 0 Å². The molecule has 0 saturated carbocycles. The summed E-state index contributed by atoms with van der Waals surface area (Å²) in [7, 11) is 0. The van der Waals surface area contributed by atoms with Gasteiger partial charge in [0.15, 0.2) is 0 Å². The molecule has 8 heteroatoms. The fourth-order valence-corrected chi connectivity index (χ4v) is 2.70. The van der Waals surface area contributed by atoms with Crippen LogP contribution in [0.1, 0.15) is 5.56 Å². The fourth-order valence-electron chi connectivity index (χ4n) is 1.87. The third kappa shape index (κ3) is 2.36. The number of aromatic nitrogens is 2. The van der Waals surface area contributed by atoms with Crippen LogP contribution in [-0.2, 0) is 0 Å². The van der Waals surface area contributed by atoms with Gasteiger partial charge in [0.25, 0.3) is 11.6 Å². The Morgan fingerprint density at radius 2 is 2.19 bits per heavy atom. The molecule has 0 aliphatic rings. The summed E-state index contributed by atoms with van der Waals surface area (Å²) in [5.41, 5.74) is 7.88. The second-order valence-electron chi connectivity index (χ2n) is 4.42. The van der Waals surface area contributed by atoms with Gasteiger partial charge in [0.05, 0.1) is 4.92 Å². The second kappa shape index (κ2) is 4.98. The first-order valence-electron chi connectivity index (χ1n) is 5.97. The highest BCUT2D eigenvalue weighted by molar-refractivity contribution is 7.08. The average Bonchev–Trinajstić information content (AvgIpc) is 3.07. The summed E-state index contributed by atoms with van der Waals surface area (Å²) in [6.45, 7) is 1.95. The van der Waals surface area contributed by atoms with E-state index in [0.717, 1.165) is 11.1 Å². The monoisotopic (exact) mass is 302 g/mol. The maximum Gasteiger partial charge on any atom is 0.292 e. The molecule has 21 heavy (non-hydrogen) atoms. The molecule has 0 radical (unpaired) electrons. The summed E-state index contributed by atoms with van der Waals surface area (Å²) in [6.07, 6.45) is 0. The molecule has 3 aromatic rings. The molecule has 0 amide bonds. The third-order valence-corrected chi connectivity index (χ3v) is 3.86. The largest absolute Gasteiger partial charge is 0.393 e. The van der Waals surface area contributed by atoms with Crippen molar-refractivity contribution in [2.75, 3.05) is 5.73 Å². The van der Waals surface area contributed by atoms with Crippen molar-refractivity contribution < 1.29 is 9.45 Å². The molecule has 2 heterocycles. The summed E-state index contributed by atoms with van der Waals surface area (Å²) in [6, 6.07) is 4.39. The maximum absolute atomic E-state index is 10.9. The Morgan fingerprint density at radius 3 is 2.86 bits per heavy atom. The zero-order valence-electron chi connectivity index (χ0n) is 10.9. The van der Waals surface area contributed by atoms with Gasteiger partial charge in [0, 0.05) is 22.6 Å². The molecule has 0 bridgehead atoms. The normalized spacial score (nSPS) is 10.7. The topological polar surface area (TPSA) is 108 Å². The van der Waals surface area contributed by atoms with Gasteiger partial charge in [-0.1, -0.05) is 5.16 Å². The van der Waals surface area contributed by atoms with Gasteiger partial charge >= 0.3 is 0 Å². The minimum atomic E-state index is -0.543. The molecule has 0 aliphatic heterocycles. The smallest absolute Gasteiger partial charge is 0.292 e. The van der Waals surface area contributed by atoms with Crippen LogP contribution in [0.2, 0.25) is 0 Å². The van der Waals surface area contributed by atoms with Crippen LogP contribution in [-0.4, -0.2) is 15.1 Å². The number of benzene rings is 1. The summed E-state index contributed by atoms with van der Waals surface area (Å²) >= 11 is 1.55. The predicted octanol–water partition coefficient (Wildman–Crippen LogP) is 3.26. The molecule has 0 saturated heterocycles. The lowest BCUT2D eigenvalue weighted by atomic mass is 10.1. The average molecular weight is 302 g/mol. The summed E-state index contributed by atoms with van der Waals surface area (Å²) < 4.78 is 5.18. The zero-order chi connectivity index (χ0) is 15.0. The Kier molecular flexibility index (Phi) is 3.15. The number of hydrogen-bond acceptors (Lipinski definition) is 7. The van der Waals surface area contributed by atoms with Gasteiger partial charge in [-0.3, -0.25) is 10.1 Å². The van der Waals surface area contributed by atoms with Crippen molar-refractivity contribution in [3.05, 3.63) is 44.6 Å². The van der Waals surface area contributed by atoms with Crippen molar-refractivity contribution in [3.8, 4) is 22.8 Å². The fraction of sp³-hybridized carbons (Fsp3) is 0.0769. The van der Waals surface area contributed by atoms with Crippen molar-refractivity contribution in [2.24, 2.45) is 0 Å². The molecular weight excluding hydrogens is 292 g/mol. The summed E-state index contributed by atoms with van der Waals surface area (Å²) in [4.78, 5) is 14.6. The highest BCUT2D eigenvalue weighted by Crippen LogP contribution is 2.30. The Bertz CT molecular complexity index is 824. The van der Waals surface area contributed by atoms with Crippen molar-refractivity contribution in [1.29, 1.82) is 0 Å². The number of nitro groups is 1. The van der Waals surface area contributed by atoms with Crippen LogP contribution >= 0.6 is 11.3 Å². The molecule has 0 unspecified atom stereocenters. The van der Waals surface area contributed by atoms with Crippen LogP contribution in [0.3, 0.4) is 0 Å². The van der Waals surface area contributed by atoms with Crippen LogP contribution in [0, 0.1) is 17.0 Å². The number of anilines is 1. The molecular formula is C13H10N4O3S. The van der Waals surface area contributed by atoms with E-state index in [-0.39, 0.29) is 17.3 Å². The van der Waals surface area contributed by atoms with Crippen LogP contribution in [0.5, 0.6) is 0 Å². The lowest BCUT2D eigenvalue weighted by molar-refractivity contribution is -0.383. The molecule has 106 valence electrons. The minimum Gasteiger partial charge on any atom is -0.393 e. The number of nitrogens with two attached hydrogens (primary N) is 1. The van der Waals surface area contributed by atoms with E-state index in [2.05, 4.69) is 10.1 Å². The molecule has 0 spiro atoms. The minimum absolute atomic E-state index is 0.0946. The molecule has 0 atom stereocenters. The standard InChI is InChI=1S/C13H10N4O3S/c1-7-5-21-6-9(7)12-15-13(20-16-12)8-2-3-10(14)11(4-8)17(18)19/h2-6H,14H2,1H3. The summed E-state index contributed by atoms with van der Waals surface area (Å²) in [5, 5.41) is 18.7. The Balaban J connectivity index is 2.03. The van der Waals surface area contributed by atoms with Gasteiger partial charge in [-0.25, -0.2) is 0 Å². The Morgan fingerprint density at radius 1 is 1.38 bits per heavy atom. The second-order valence-corrected chi connectivity index (χ2v) is 5.17. The number of nitrogen functional groups attached to an aromatic ring is 1. The molecule has 0 aliphatic carbocycles. The maximum atomic E-state index is 10.9. The van der Waals surface area contributed by atoms with Gasteiger partial charge in [-0.15, -0.1) is 0 Å². The zero-order valence-corrected chi connectivity index (χ0v) is 11.8. The Labute approximate surface area is 123 Å². The van der Waals surface area contributed by atoms with E-state index in [9.17, 15) is 10.1 Å². The molecule has 7 nitrogen and oxygen atoms in total. The quantitative estimate of drug-likeness (QED) is 0.452. The molecule has 3 rings (SSSR count). The van der Waals surface area contributed by atoms with E-state index in [1.807, 2.05) is 17.7 Å². The first kappa shape index (κ1) is 13.3. The van der Waals surface area contributed by atoms with E-state index in [4.69, 9.17) is 10.3 Å². The van der Waals surface area contributed by atoms with Gasteiger partial charge in [-0.2, -0.15) is 16.3 Å². The van der Waals surface area contributed by atoms with E-state index in [1.54, 1.807) is 17.4 Å². The van der Waals surface area contributed by atoms with Gasteiger partial charge in [0.1, 0.15) is 5.69 Å².